The second kappa shape index (κ2) is 8.48. The lowest BCUT2D eigenvalue weighted by Gasteiger charge is -2.32. The van der Waals surface area contributed by atoms with Gasteiger partial charge in [-0.2, -0.15) is 4.98 Å². The fourth-order valence-electron chi connectivity index (χ4n) is 3.83. The highest BCUT2D eigenvalue weighted by Crippen LogP contribution is 2.34. The maximum absolute atomic E-state index is 12.4. The van der Waals surface area contributed by atoms with Crippen molar-refractivity contribution in [2.75, 3.05) is 25.3 Å². The quantitative estimate of drug-likeness (QED) is 0.565. The van der Waals surface area contributed by atoms with Crippen molar-refractivity contribution in [3.63, 3.8) is 0 Å². The number of benzene rings is 1. The van der Waals surface area contributed by atoms with Crippen LogP contribution >= 0.6 is 0 Å². The molecular weight excluding hydrogens is 386 g/mol. The van der Waals surface area contributed by atoms with Gasteiger partial charge in [-0.05, 0) is 31.0 Å². The van der Waals surface area contributed by atoms with E-state index in [9.17, 15) is 4.79 Å². The third-order valence-electron chi connectivity index (χ3n) is 5.37. The zero-order valence-corrected chi connectivity index (χ0v) is 17.0. The van der Waals surface area contributed by atoms with Crippen molar-refractivity contribution in [1.29, 1.82) is 0 Å². The van der Waals surface area contributed by atoms with Crippen molar-refractivity contribution < 1.29 is 18.7 Å². The fraction of sp³-hybridized carbons (Fsp3) is 0.381. The number of carbonyl (C=O) groups is 1. The average molecular weight is 411 g/mol. The molecule has 2 aromatic heterocycles. The Morgan fingerprint density at radius 2 is 1.87 bits per heavy atom. The first-order valence-corrected chi connectivity index (χ1v) is 9.89. The maximum atomic E-state index is 12.4. The first-order chi connectivity index (χ1) is 14.6. The summed E-state index contributed by atoms with van der Waals surface area (Å²) in [6.45, 7) is 0. The summed E-state index contributed by atoms with van der Waals surface area (Å²) >= 11 is 0. The van der Waals surface area contributed by atoms with E-state index in [1.165, 1.54) is 6.26 Å². The van der Waals surface area contributed by atoms with Crippen molar-refractivity contribution in [2.45, 2.75) is 37.8 Å². The van der Waals surface area contributed by atoms with Crippen LogP contribution < -0.4 is 25.8 Å². The molecular formula is C21H25N5O4. The molecule has 1 aliphatic carbocycles. The van der Waals surface area contributed by atoms with Crippen LogP contribution in [-0.2, 0) is 0 Å². The van der Waals surface area contributed by atoms with Crippen molar-refractivity contribution in [3.05, 3.63) is 36.3 Å². The van der Waals surface area contributed by atoms with Crippen molar-refractivity contribution in [1.82, 2.24) is 15.3 Å². The normalized spacial score (nSPS) is 18.7. The van der Waals surface area contributed by atoms with Gasteiger partial charge >= 0.3 is 0 Å². The Balaban J connectivity index is 1.57. The summed E-state index contributed by atoms with van der Waals surface area (Å²) in [6, 6.07) is 6.79. The first kappa shape index (κ1) is 19.8. The summed E-state index contributed by atoms with van der Waals surface area (Å²) in [5, 5.41) is 7.10. The molecule has 1 fully saturated rings. The van der Waals surface area contributed by atoms with E-state index in [0.29, 0.717) is 39.9 Å². The highest BCUT2D eigenvalue weighted by atomic mass is 16.5. The molecule has 9 heteroatoms. The van der Waals surface area contributed by atoms with E-state index in [1.807, 2.05) is 0 Å². The number of anilines is 2. The molecule has 30 heavy (non-hydrogen) atoms. The second-order valence-electron chi connectivity index (χ2n) is 7.25. The molecule has 0 aliphatic heterocycles. The van der Waals surface area contributed by atoms with E-state index in [4.69, 9.17) is 19.6 Å². The molecule has 0 unspecified atom stereocenters. The van der Waals surface area contributed by atoms with Crippen LogP contribution in [0.25, 0.3) is 10.9 Å². The number of methoxy groups -OCH3 is 2. The van der Waals surface area contributed by atoms with E-state index >= 15 is 0 Å². The number of hydrogen-bond acceptors (Lipinski definition) is 8. The number of nitrogens with two attached hydrogens (primary N) is 1. The Kier molecular flexibility index (Phi) is 5.60. The van der Waals surface area contributed by atoms with Gasteiger partial charge in [0.1, 0.15) is 5.82 Å². The molecule has 0 radical (unpaired) electrons. The van der Waals surface area contributed by atoms with Gasteiger partial charge in [-0.25, -0.2) is 4.98 Å². The van der Waals surface area contributed by atoms with E-state index in [2.05, 4.69) is 20.6 Å². The van der Waals surface area contributed by atoms with Crippen molar-refractivity contribution in [3.8, 4) is 11.5 Å². The minimum atomic E-state index is -0.227. The Hall–Kier alpha value is -3.49. The molecule has 0 saturated heterocycles. The number of furan rings is 1. The molecule has 4 rings (SSSR count). The number of nitrogens with zero attached hydrogens (tertiary/aromatic N) is 2. The highest BCUT2D eigenvalue weighted by Gasteiger charge is 2.28. The van der Waals surface area contributed by atoms with E-state index < -0.39 is 0 Å². The van der Waals surface area contributed by atoms with Crippen LogP contribution in [0.3, 0.4) is 0 Å². The molecule has 1 amide bonds. The Bertz CT molecular complexity index is 1040. The Labute approximate surface area is 174 Å². The van der Waals surface area contributed by atoms with E-state index in [-0.39, 0.29) is 18.0 Å². The highest BCUT2D eigenvalue weighted by molar-refractivity contribution is 5.92. The van der Waals surface area contributed by atoms with Gasteiger partial charge in [0.05, 0.1) is 26.0 Å². The van der Waals surface area contributed by atoms with Gasteiger partial charge in [0.15, 0.2) is 17.3 Å². The monoisotopic (exact) mass is 411 g/mol. The van der Waals surface area contributed by atoms with Crippen LogP contribution in [0.2, 0.25) is 0 Å². The third kappa shape index (κ3) is 3.96. The van der Waals surface area contributed by atoms with Gasteiger partial charge < -0.3 is 30.3 Å². The number of nitrogen functional groups attached to an aromatic ring is 1. The van der Waals surface area contributed by atoms with Gasteiger partial charge in [-0.15, -0.1) is 0 Å². The Morgan fingerprint density at radius 1 is 1.13 bits per heavy atom. The van der Waals surface area contributed by atoms with Gasteiger partial charge in [0.2, 0.25) is 5.95 Å². The fourth-order valence-corrected chi connectivity index (χ4v) is 3.83. The lowest BCUT2D eigenvalue weighted by atomic mass is 9.90. The van der Waals surface area contributed by atoms with Gasteiger partial charge in [-0.3, -0.25) is 4.79 Å². The molecule has 0 spiro atoms. The molecule has 4 N–H and O–H groups in total. The number of rotatable bonds is 6. The minimum Gasteiger partial charge on any atom is -0.493 e. The number of amides is 1. The molecule has 2 heterocycles. The summed E-state index contributed by atoms with van der Waals surface area (Å²) in [5.74, 6) is 1.96. The largest absolute Gasteiger partial charge is 0.493 e. The number of ether oxygens (including phenoxy) is 2. The summed E-state index contributed by atoms with van der Waals surface area (Å²) < 4.78 is 15.9. The maximum Gasteiger partial charge on any atom is 0.287 e. The van der Waals surface area contributed by atoms with Crippen LogP contribution in [0.15, 0.2) is 34.9 Å². The molecule has 0 bridgehead atoms. The van der Waals surface area contributed by atoms with E-state index in [0.717, 1.165) is 25.7 Å². The SMILES string of the molecule is COc1cc2nc(N[C@@H]3CCCC[C@H]3NC(=O)c3ccco3)nc(N)c2cc1OC. The number of hydrogen-bond donors (Lipinski definition) is 3. The van der Waals surface area contributed by atoms with Gasteiger partial charge in [-0.1, -0.05) is 12.8 Å². The molecule has 1 saturated carbocycles. The molecule has 1 aliphatic rings. The Morgan fingerprint density at radius 3 is 2.57 bits per heavy atom. The smallest absolute Gasteiger partial charge is 0.287 e. The minimum absolute atomic E-state index is 0.0188. The topological polar surface area (TPSA) is 125 Å². The lowest BCUT2D eigenvalue weighted by Crippen LogP contribution is -2.48. The summed E-state index contributed by atoms with van der Waals surface area (Å²) in [4.78, 5) is 21.4. The predicted molar refractivity (Wildman–Crippen MR) is 113 cm³/mol. The van der Waals surface area contributed by atoms with Crippen LogP contribution in [-0.4, -0.2) is 42.2 Å². The second-order valence-corrected chi connectivity index (χ2v) is 7.25. The third-order valence-corrected chi connectivity index (χ3v) is 5.37. The summed E-state index contributed by atoms with van der Waals surface area (Å²) in [7, 11) is 3.14. The van der Waals surface area contributed by atoms with Gasteiger partial charge in [0, 0.05) is 23.5 Å². The zero-order chi connectivity index (χ0) is 21.1. The molecule has 2 atom stereocenters. The number of nitrogens with one attached hydrogen (secondary N) is 2. The molecule has 9 nitrogen and oxygen atoms in total. The first-order valence-electron chi connectivity index (χ1n) is 9.89. The lowest BCUT2D eigenvalue weighted by molar-refractivity contribution is 0.0895. The predicted octanol–water partition coefficient (Wildman–Crippen LogP) is 2.98. The van der Waals surface area contributed by atoms with Crippen molar-refractivity contribution in [2.24, 2.45) is 0 Å². The molecule has 3 aromatic rings. The average Bonchev–Trinajstić information content (AvgIpc) is 3.29. The molecule has 1 aromatic carbocycles. The zero-order valence-electron chi connectivity index (χ0n) is 17.0. The summed E-state index contributed by atoms with van der Waals surface area (Å²) in [5.41, 5.74) is 6.84. The molecule has 158 valence electrons. The summed E-state index contributed by atoms with van der Waals surface area (Å²) in [6.07, 6.45) is 5.33. The van der Waals surface area contributed by atoms with Crippen LogP contribution in [0.1, 0.15) is 36.2 Å². The van der Waals surface area contributed by atoms with Crippen LogP contribution in [0.5, 0.6) is 11.5 Å². The van der Waals surface area contributed by atoms with Gasteiger partial charge in [0.25, 0.3) is 5.91 Å². The van der Waals surface area contributed by atoms with Crippen molar-refractivity contribution >= 4 is 28.6 Å². The number of fused-ring (bicyclic) bond motifs is 1. The van der Waals surface area contributed by atoms with E-state index in [1.54, 1.807) is 38.5 Å². The van der Waals surface area contributed by atoms with Crippen LogP contribution in [0, 0.1) is 0 Å². The van der Waals surface area contributed by atoms with Crippen LogP contribution in [0.4, 0.5) is 11.8 Å². The standard InChI is InChI=1S/C21H25N5O4/c1-28-17-10-12-15(11-18(17)29-2)25-21(26-19(12)22)24-14-7-4-3-6-13(14)23-20(27)16-8-5-9-30-16/h5,8-11,13-14H,3-4,6-7H2,1-2H3,(H,23,27)(H3,22,24,25,26)/t13-,14-/m1/s1. The number of carbonyl (C=O) groups excluding carboxylic acids is 1. The number of aromatic nitrogens is 2.